The summed E-state index contributed by atoms with van der Waals surface area (Å²) in [6.45, 7) is 14.0. The van der Waals surface area contributed by atoms with E-state index < -0.39 is 5.60 Å². The van der Waals surface area contributed by atoms with Crippen LogP contribution in [0.1, 0.15) is 74.1 Å². The first-order chi connectivity index (χ1) is 9.93. The van der Waals surface area contributed by atoms with Crippen molar-refractivity contribution in [2.75, 3.05) is 0 Å². The lowest BCUT2D eigenvalue weighted by Crippen LogP contribution is -2.41. The molecule has 2 fully saturated rings. The Bertz CT molecular complexity index is 409. The molecule has 1 saturated heterocycles. The molecule has 0 spiro atoms. The molecular formula is C17H31BO4. The first-order valence-electron chi connectivity index (χ1n) is 8.51. The first kappa shape index (κ1) is 17.8. The Kier molecular flexibility index (Phi) is 4.71. The monoisotopic (exact) mass is 310 g/mol. The highest BCUT2D eigenvalue weighted by Gasteiger charge is 2.56. The quantitative estimate of drug-likeness (QED) is 0.571. The average molecular weight is 310 g/mol. The van der Waals surface area contributed by atoms with Gasteiger partial charge in [0, 0.05) is 5.82 Å². The predicted octanol–water partition coefficient (Wildman–Crippen LogP) is 3.98. The van der Waals surface area contributed by atoms with Crippen molar-refractivity contribution in [3.63, 3.8) is 0 Å². The second kappa shape index (κ2) is 5.83. The van der Waals surface area contributed by atoms with Crippen LogP contribution in [0.15, 0.2) is 0 Å². The van der Waals surface area contributed by atoms with E-state index in [0.717, 1.165) is 25.7 Å². The lowest BCUT2D eigenvalue weighted by atomic mass is 9.59. The Morgan fingerprint density at radius 3 is 2.05 bits per heavy atom. The van der Waals surface area contributed by atoms with Crippen LogP contribution >= 0.6 is 0 Å². The van der Waals surface area contributed by atoms with Gasteiger partial charge in [-0.05, 0) is 54.9 Å². The van der Waals surface area contributed by atoms with Crippen molar-refractivity contribution in [3.8, 4) is 0 Å². The van der Waals surface area contributed by atoms with Gasteiger partial charge in [-0.3, -0.25) is 4.79 Å². The smallest absolute Gasteiger partial charge is 0.460 e. The zero-order valence-electron chi connectivity index (χ0n) is 15.2. The number of ether oxygens (including phenoxy) is 1. The summed E-state index contributed by atoms with van der Waals surface area (Å²) >= 11 is 0. The molecule has 0 radical (unpaired) electrons. The second-order valence-corrected chi connectivity index (χ2v) is 8.71. The maximum atomic E-state index is 12.6. The van der Waals surface area contributed by atoms with Gasteiger partial charge >= 0.3 is 13.1 Å². The van der Waals surface area contributed by atoms with E-state index in [4.69, 9.17) is 14.0 Å². The Balaban J connectivity index is 2.13. The Hall–Kier alpha value is -0.545. The average Bonchev–Trinajstić information content (AvgIpc) is 2.56. The number of carbonyl (C=O) groups excluding carboxylic acids is 1. The lowest BCUT2D eigenvalue weighted by Gasteiger charge is -2.33. The summed E-state index contributed by atoms with van der Waals surface area (Å²) in [6.07, 6.45) is 4.01. The van der Waals surface area contributed by atoms with Crippen LogP contribution < -0.4 is 0 Å². The number of hydrogen-bond acceptors (Lipinski definition) is 4. The van der Waals surface area contributed by atoms with Crippen LogP contribution in [-0.4, -0.2) is 29.9 Å². The molecule has 5 heteroatoms. The molecule has 0 unspecified atom stereocenters. The highest BCUT2D eigenvalue weighted by Crippen LogP contribution is 2.46. The molecule has 0 aromatic carbocycles. The van der Waals surface area contributed by atoms with Gasteiger partial charge in [-0.25, -0.2) is 0 Å². The topological polar surface area (TPSA) is 44.8 Å². The molecule has 1 aliphatic carbocycles. The summed E-state index contributed by atoms with van der Waals surface area (Å²) in [5, 5.41) is 0. The molecule has 0 bridgehead atoms. The van der Waals surface area contributed by atoms with E-state index in [0.29, 0.717) is 0 Å². The number of hydrogen-bond donors (Lipinski definition) is 0. The first-order valence-corrected chi connectivity index (χ1v) is 8.51. The molecule has 4 nitrogen and oxygen atoms in total. The van der Waals surface area contributed by atoms with Crippen molar-refractivity contribution < 1.29 is 18.8 Å². The van der Waals surface area contributed by atoms with Gasteiger partial charge in [-0.2, -0.15) is 0 Å². The summed E-state index contributed by atoms with van der Waals surface area (Å²) in [4.78, 5) is 12.6. The largest absolute Gasteiger partial charge is 0.462 e. The molecule has 1 aliphatic heterocycles. The van der Waals surface area contributed by atoms with Crippen molar-refractivity contribution in [2.45, 2.75) is 96.8 Å². The molecule has 2 atom stereocenters. The molecule has 0 aromatic heterocycles. The zero-order chi connectivity index (χ0) is 16.8. The molecule has 0 N–H and O–H groups in total. The van der Waals surface area contributed by atoms with Crippen LogP contribution in [0, 0.1) is 5.92 Å². The normalized spacial score (nSPS) is 31.1. The minimum absolute atomic E-state index is 0.0876. The minimum atomic E-state index is -0.449. The summed E-state index contributed by atoms with van der Waals surface area (Å²) in [6, 6.07) is 0. The number of rotatable bonds is 2. The van der Waals surface area contributed by atoms with Crippen LogP contribution in [0.5, 0.6) is 0 Å². The van der Waals surface area contributed by atoms with Crippen LogP contribution in [0.3, 0.4) is 0 Å². The molecule has 126 valence electrons. The van der Waals surface area contributed by atoms with Gasteiger partial charge in [0.05, 0.1) is 17.1 Å². The van der Waals surface area contributed by atoms with E-state index >= 15 is 0 Å². The van der Waals surface area contributed by atoms with Crippen LogP contribution in [0.2, 0.25) is 5.82 Å². The molecular weight excluding hydrogens is 279 g/mol. The van der Waals surface area contributed by atoms with Gasteiger partial charge in [-0.1, -0.05) is 19.3 Å². The molecule has 0 aromatic rings. The fraction of sp³-hybridized carbons (Fsp3) is 0.941. The van der Waals surface area contributed by atoms with Crippen molar-refractivity contribution in [3.05, 3.63) is 0 Å². The molecule has 2 rings (SSSR count). The third-order valence-electron chi connectivity index (χ3n) is 5.15. The Labute approximate surface area is 135 Å². The summed E-state index contributed by atoms with van der Waals surface area (Å²) < 4.78 is 18.0. The van der Waals surface area contributed by atoms with E-state index in [1.54, 1.807) is 0 Å². The van der Waals surface area contributed by atoms with Crippen molar-refractivity contribution in [1.29, 1.82) is 0 Å². The van der Waals surface area contributed by atoms with Gasteiger partial charge in [0.25, 0.3) is 0 Å². The summed E-state index contributed by atoms with van der Waals surface area (Å²) in [5.74, 6) is -0.140. The Morgan fingerprint density at radius 1 is 1.05 bits per heavy atom. The third kappa shape index (κ3) is 3.68. The van der Waals surface area contributed by atoms with Crippen molar-refractivity contribution in [1.82, 2.24) is 0 Å². The maximum Gasteiger partial charge on any atom is 0.462 e. The SMILES string of the molecule is CC(C)(C)OC(=O)[C@@H]1CCCC[C@H]1B1OC(C)(C)C(C)(C)O1. The second-order valence-electron chi connectivity index (χ2n) is 8.71. The predicted molar refractivity (Wildman–Crippen MR) is 87.6 cm³/mol. The Morgan fingerprint density at radius 2 is 1.55 bits per heavy atom. The van der Waals surface area contributed by atoms with Gasteiger partial charge in [0.2, 0.25) is 0 Å². The van der Waals surface area contributed by atoms with E-state index in [1.807, 2.05) is 20.8 Å². The summed E-state index contributed by atoms with van der Waals surface area (Å²) in [5.41, 5.74) is -1.16. The van der Waals surface area contributed by atoms with Gasteiger partial charge in [0.1, 0.15) is 5.60 Å². The highest BCUT2D eigenvalue weighted by atomic mass is 16.7. The van der Waals surface area contributed by atoms with E-state index in [-0.39, 0.29) is 36.0 Å². The fourth-order valence-corrected chi connectivity index (χ4v) is 3.22. The fourth-order valence-electron chi connectivity index (χ4n) is 3.22. The van der Waals surface area contributed by atoms with Crippen LogP contribution in [-0.2, 0) is 18.8 Å². The third-order valence-corrected chi connectivity index (χ3v) is 5.15. The number of carbonyl (C=O) groups is 1. The standard InChI is InChI=1S/C17H31BO4/c1-15(2,3)20-14(19)12-10-8-9-11-13(12)18-21-16(4,5)17(6,7)22-18/h12-13H,8-11H2,1-7H3/t12-,13-/m1/s1. The lowest BCUT2D eigenvalue weighted by molar-refractivity contribution is -0.161. The zero-order valence-corrected chi connectivity index (χ0v) is 15.2. The maximum absolute atomic E-state index is 12.6. The minimum Gasteiger partial charge on any atom is -0.460 e. The van der Waals surface area contributed by atoms with Gasteiger partial charge in [0.15, 0.2) is 0 Å². The number of esters is 1. The highest BCUT2D eigenvalue weighted by molar-refractivity contribution is 6.48. The molecule has 22 heavy (non-hydrogen) atoms. The summed E-state index contributed by atoms with van der Waals surface area (Å²) in [7, 11) is -0.317. The van der Waals surface area contributed by atoms with E-state index in [1.165, 1.54) is 0 Å². The van der Waals surface area contributed by atoms with E-state index in [9.17, 15) is 4.79 Å². The molecule has 2 aliphatic rings. The van der Waals surface area contributed by atoms with Gasteiger partial charge < -0.3 is 14.0 Å². The van der Waals surface area contributed by atoms with E-state index in [2.05, 4.69) is 27.7 Å². The molecule has 0 amide bonds. The van der Waals surface area contributed by atoms with Crippen molar-refractivity contribution >= 4 is 13.1 Å². The molecule has 1 heterocycles. The van der Waals surface area contributed by atoms with Crippen molar-refractivity contribution in [2.24, 2.45) is 5.92 Å². The molecule has 1 saturated carbocycles. The van der Waals surface area contributed by atoms with Gasteiger partial charge in [-0.15, -0.1) is 0 Å². The van der Waals surface area contributed by atoms with Crippen LogP contribution in [0.25, 0.3) is 0 Å². The van der Waals surface area contributed by atoms with Crippen LogP contribution in [0.4, 0.5) is 0 Å².